The number of aryl methyl sites for hydroxylation is 1. The van der Waals surface area contributed by atoms with Crippen molar-refractivity contribution in [3.8, 4) is 0 Å². The maximum absolute atomic E-state index is 12.1. The van der Waals surface area contributed by atoms with E-state index in [1.807, 2.05) is 13.0 Å². The Balaban J connectivity index is 1.95. The summed E-state index contributed by atoms with van der Waals surface area (Å²) in [4.78, 5) is 29.0. The highest BCUT2D eigenvalue weighted by molar-refractivity contribution is 7.15. The van der Waals surface area contributed by atoms with Gasteiger partial charge in [0.2, 0.25) is 0 Å². The fourth-order valence-electron chi connectivity index (χ4n) is 1.89. The van der Waals surface area contributed by atoms with Crippen LogP contribution in [0.25, 0.3) is 4.96 Å². The molecule has 1 aromatic carbocycles. The van der Waals surface area contributed by atoms with Gasteiger partial charge in [-0.1, -0.05) is 17.7 Å². The molecule has 2 heterocycles. The first-order valence-corrected chi connectivity index (χ1v) is 6.86. The molecule has 0 aliphatic carbocycles. The molecule has 0 spiro atoms. The number of thiazole rings is 1. The molecule has 5 nitrogen and oxygen atoms in total. The van der Waals surface area contributed by atoms with Crippen LogP contribution in [-0.4, -0.2) is 15.3 Å². The highest BCUT2D eigenvalue weighted by atomic mass is 32.1. The van der Waals surface area contributed by atoms with Crippen molar-refractivity contribution < 1.29 is 4.79 Å². The van der Waals surface area contributed by atoms with Crippen LogP contribution in [0.2, 0.25) is 0 Å². The minimum atomic E-state index is -0.317. The maximum atomic E-state index is 12.1. The number of rotatable bonds is 2. The Bertz CT molecular complexity index is 851. The first-order chi connectivity index (χ1) is 9.65. The molecule has 1 N–H and O–H groups in total. The van der Waals surface area contributed by atoms with E-state index in [1.165, 1.54) is 21.9 Å². The zero-order valence-corrected chi connectivity index (χ0v) is 11.5. The molecular weight excluding hydrogens is 274 g/mol. The van der Waals surface area contributed by atoms with Crippen LogP contribution < -0.4 is 10.9 Å². The van der Waals surface area contributed by atoms with Gasteiger partial charge in [0.25, 0.3) is 11.5 Å². The highest BCUT2D eigenvalue weighted by Gasteiger charge is 2.10. The van der Waals surface area contributed by atoms with Gasteiger partial charge in [-0.15, -0.1) is 11.3 Å². The minimum Gasteiger partial charge on any atom is -0.316 e. The molecule has 0 fully saturated rings. The van der Waals surface area contributed by atoms with E-state index in [-0.39, 0.29) is 17.2 Å². The van der Waals surface area contributed by atoms with E-state index in [1.54, 1.807) is 29.8 Å². The summed E-state index contributed by atoms with van der Waals surface area (Å²) in [7, 11) is 0. The van der Waals surface area contributed by atoms with Crippen LogP contribution in [0.3, 0.4) is 0 Å². The second-order valence-corrected chi connectivity index (χ2v) is 5.23. The molecule has 100 valence electrons. The number of hydrogen-bond acceptors (Lipinski definition) is 4. The fraction of sp³-hybridized carbons (Fsp3) is 0.0714. The van der Waals surface area contributed by atoms with Crippen molar-refractivity contribution in [3.05, 3.63) is 63.5 Å². The minimum absolute atomic E-state index is 0.174. The van der Waals surface area contributed by atoms with Crippen LogP contribution in [-0.2, 0) is 0 Å². The first-order valence-electron chi connectivity index (χ1n) is 5.98. The predicted molar refractivity (Wildman–Crippen MR) is 78.5 cm³/mol. The lowest BCUT2D eigenvalue weighted by Crippen LogP contribution is -2.22. The molecule has 3 rings (SSSR count). The van der Waals surface area contributed by atoms with Gasteiger partial charge in [0.15, 0.2) is 4.96 Å². The van der Waals surface area contributed by atoms with Crippen LogP contribution in [0, 0.1) is 6.92 Å². The summed E-state index contributed by atoms with van der Waals surface area (Å²) in [5, 5.41) is 4.38. The summed E-state index contributed by atoms with van der Waals surface area (Å²) in [5.41, 5.74) is 1.39. The fourth-order valence-corrected chi connectivity index (χ4v) is 2.57. The summed E-state index contributed by atoms with van der Waals surface area (Å²) in [6, 6.07) is 7.18. The van der Waals surface area contributed by atoms with Gasteiger partial charge in [-0.25, -0.2) is 4.98 Å². The van der Waals surface area contributed by atoms with Gasteiger partial charge in [-0.3, -0.25) is 14.0 Å². The van der Waals surface area contributed by atoms with Crippen molar-refractivity contribution in [3.63, 3.8) is 0 Å². The van der Waals surface area contributed by atoms with Crippen molar-refractivity contribution in [2.75, 3.05) is 5.32 Å². The average molecular weight is 285 g/mol. The molecule has 6 heteroatoms. The Morgan fingerprint density at radius 2 is 2.25 bits per heavy atom. The molecule has 0 aliphatic rings. The SMILES string of the molecule is Cc1cccc(C(=O)Nc2cnc3sccn3c2=O)c1. The average Bonchev–Trinajstić information content (AvgIpc) is 2.91. The Labute approximate surface area is 118 Å². The predicted octanol–water partition coefficient (Wildman–Crippen LogP) is 2.32. The normalized spacial score (nSPS) is 10.7. The molecule has 20 heavy (non-hydrogen) atoms. The largest absolute Gasteiger partial charge is 0.316 e. The lowest BCUT2D eigenvalue weighted by atomic mass is 10.1. The van der Waals surface area contributed by atoms with Gasteiger partial charge >= 0.3 is 0 Å². The van der Waals surface area contributed by atoms with Crippen molar-refractivity contribution in [1.29, 1.82) is 0 Å². The number of anilines is 1. The maximum Gasteiger partial charge on any atom is 0.282 e. The molecule has 2 aromatic heterocycles. The summed E-state index contributed by atoms with van der Waals surface area (Å²) < 4.78 is 1.41. The van der Waals surface area contributed by atoms with Crippen molar-refractivity contribution in [2.45, 2.75) is 6.92 Å². The van der Waals surface area contributed by atoms with E-state index in [0.29, 0.717) is 10.5 Å². The summed E-state index contributed by atoms with van der Waals surface area (Å²) in [6.07, 6.45) is 3.03. The van der Waals surface area contributed by atoms with Gasteiger partial charge < -0.3 is 5.32 Å². The monoisotopic (exact) mass is 285 g/mol. The second-order valence-electron chi connectivity index (χ2n) is 4.36. The van der Waals surface area contributed by atoms with Crippen LogP contribution >= 0.6 is 11.3 Å². The Kier molecular flexibility index (Phi) is 3.08. The van der Waals surface area contributed by atoms with Crippen LogP contribution in [0.4, 0.5) is 5.69 Å². The summed E-state index contributed by atoms with van der Waals surface area (Å²) in [6.45, 7) is 1.91. The van der Waals surface area contributed by atoms with Crippen LogP contribution in [0.5, 0.6) is 0 Å². The number of amides is 1. The van der Waals surface area contributed by atoms with Crippen molar-refractivity contribution >= 4 is 27.9 Å². The zero-order valence-electron chi connectivity index (χ0n) is 10.7. The number of nitrogens with one attached hydrogen (secondary N) is 1. The Morgan fingerprint density at radius 3 is 3.05 bits per heavy atom. The lowest BCUT2D eigenvalue weighted by Gasteiger charge is -2.05. The third-order valence-corrected chi connectivity index (χ3v) is 3.64. The van der Waals surface area contributed by atoms with E-state index < -0.39 is 0 Å². The number of carbonyl (C=O) groups is 1. The third-order valence-electron chi connectivity index (χ3n) is 2.87. The highest BCUT2D eigenvalue weighted by Crippen LogP contribution is 2.10. The molecule has 0 atom stereocenters. The van der Waals surface area contributed by atoms with E-state index >= 15 is 0 Å². The van der Waals surface area contributed by atoms with Crippen LogP contribution in [0.1, 0.15) is 15.9 Å². The van der Waals surface area contributed by atoms with Gasteiger partial charge in [0.05, 0.1) is 6.20 Å². The van der Waals surface area contributed by atoms with Crippen molar-refractivity contribution in [1.82, 2.24) is 9.38 Å². The lowest BCUT2D eigenvalue weighted by molar-refractivity contribution is 0.102. The third kappa shape index (κ3) is 2.21. The number of carbonyl (C=O) groups excluding carboxylic acids is 1. The summed E-state index contributed by atoms with van der Waals surface area (Å²) >= 11 is 1.37. The molecule has 0 unspecified atom stereocenters. The smallest absolute Gasteiger partial charge is 0.282 e. The zero-order chi connectivity index (χ0) is 14.1. The van der Waals surface area contributed by atoms with Crippen molar-refractivity contribution in [2.24, 2.45) is 0 Å². The van der Waals surface area contributed by atoms with Crippen LogP contribution in [0.15, 0.2) is 46.8 Å². The van der Waals surface area contributed by atoms with Gasteiger partial charge in [-0.05, 0) is 19.1 Å². The molecule has 1 amide bonds. The molecule has 3 aromatic rings. The van der Waals surface area contributed by atoms with Gasteiger partial charge in [0.1, 0.15) is 5.69 Å². The molecule has 0 saturated carbocycles. The molecule has 0 aliphatic heterocycles. The van der Waals surface area contributed by atoms with E-state index in [9.17, 15) is 9.59 Å². The number of nitrogens with zero attached hydrogens (tertiary/aromatic N) is 2. The molecule has 0 radical (unpaired) electrons. The number of hydrogen-bond donors (Lipinski definition) is 1. The first kappa shape index (κ1) is 12.6. The Hall–Kier alpha value is -2.47. The Morgan fingerprint density at radius 1 is 1.40 bits per heavy atom. The topological polar surface area (TPSA) is 63.5 Å². The van der Waals surface area contributed by atoms with E-state index in [0.717, 1.165) is 5.56 Å². The molecular formula is C14H11N3O2S. The summed E-state index contributed by atoms with van der Waals surface area (Å²) in [5.74, 6) is -0.317. The van der Waals surface area contributed by atoms with E-state index in [4.69, 9.17) is 0 Å². The standard InChI is InChI=1S/C14H11N3O2S/c1-9-3-2-4-10(7-9)12(18)16-11-8-15-14-17(13(11)19)5-6-20-14/h2-8H,1H3,(H,16,18). The number of fused-ring (bicyclic) bond motifs is 1. The van der Waals surface area contributed by atoms with Gasteiger partial charge in [0, 0.05) is 17.1 Å². The van der Waals surface area contributed by atoms with E-state index in [2.05, 4.69) is 10.3 Å². The quantitative estimate of drug-likeness (QED) is 0.786. The second kappa shape index (κ2) is 4.90. The number of benzene rings is 1. The van der Waals surface area contributed by atoms with Gasteiger partial charge in [-0.2, -0.15) is 0 Å². The number of aromatic nitrogens is 2. The molecule has 0 bridgehead atoms. The molecule has 0 saturated heterocycles.